The molecule has 0 heterocycles. The van der Waals surface area contributed by atoms with Crippen LogP contribution in [0.15, 0.2) is 0 Å². The molecule has 1 amide bonds. The van der Waals surface area contributed by atoms with E-state index in [0.717, 1.165) is 0 Å². The van der Waals surface area contributed by atoms with Crippen molar-refractivity contribution in [3.05, 3.63) is 0 Å². The summed E-state index contributed by atoms with van der Waals surface area (Å²) in [6.45, 7) is 8.22. The van der Waals surface area contributed by atoms with E-state index in [4.69, 9.17) is 0 Å². The van der Waals surface area contributed by atoms with Gasteiger partial charge in [0.25, 0.3) is 0 Å². The number of nitrogens with one attached hydrogen (secondary N) is 2. The average molecular weight is 202 g/mol. The molecule has 0 saturated carbocycles. The van der Waals surface area contributed by atoms with Gasteiger partial charge in [0, 0.05) is 20.1 Å². The van der Waals surface area contributed by atoms with E-state index in [1.165, 1.54) is 0 Å². The van der Waals surface area contributed by atoms with Gasteiger partial charge >= 0.3 is 0 Å². The Morgan fingerprint density at radius 3 is 2.07 bits per heavy atom. The highest BCUT2D eigenvalue weighted by atomic mass is 16.3. The van der Waals surface area contributed by atoms with Crippen molar-refractivity contribution >= 4 is 5.91 Å². The van der Waals surface area contributed by atoms with E-state index < -0.39 is 11.0 Å². The van der Waals surface area contributed by atoms with Crippen molar-refractivity contribution in [2.24, 2.45) is 5.41 Å². The highest BCUT2D eigenvalue weighted by Crippen LogP contribution is 2.13. The molecule has 0 aliphatic heterocycles. The molecule has 4 nitrogen and oxygen atoms in total. The fraction of sp³-hybridized carbons (Fsp3) is 0.900. The summed E-state index contributed by atoms with van der Waals surface area (Å²) in [7, 11) is 1.63. The molecule has 0 rings (SSSR count). The highest BCUT2D eigenvalue weighted by Gasteiger charge is 2.26. The Balaban J connectivity index is 3.94. The first-order valence-electron chi connectivity index (χ1n) is 4.84. The third-order valence-corrected chi connectivity index (χ3v) is 1.97. The molecule has 0 aromatic heterocycles. The minimum absolute atomic E-state index is 0.000691. The van der Waals surface area contributed by atoms with Crippen LogP contribution in [0.5, 0.6) is 0 Å². The van der Waals surface area contributed by atoms with E-state index in [0.29, 0.717) is 13.1 Å². The summed E-state index contributed by atoms with van der Waals surface area (Å²) >= 11 is 0. The van der Waals surface area contributed by atoms with Crippen LogP contribution in [0, 0.1) is 5.41 Å². The van der Waals surface area contributed by atoms with Crippen LogP contribution in [-0.2, 0) is 4.79 Å². The van der Waals surface area contributed by atoms with Gasteiger partial charge in [-0.2, -0.15) is 0 Å². The Morgan fingerprint density at radius 2 is 1.71 bits per heavy atom. The molecule has 0 fully saturated rings. The summed E-state index contributed by atoms with van der Waals surface area (Å²) in [5, 5.41) is 15.1. The maximum Gasteiger partial charge on any atom is 0.226 e. The second kappa shape index (κ2) is 4.75. The lowest BCUT2D eigenvalue weighted by atomic mass is 9.92. The SMILES string of the molecule is CNC(=O)C(C)(C)CNCC(C)(C)O. The summed E-state index contributed by atoms with van der Waals surface area (Å²) in [6, 6.07) is 0. The summed E-state index contributed by atoms with van der Waals surface area (Å²) < 4.78 is 0. The molecule has 0 aliphatic rings. The smallest absolute Gasteiger partial charge is 0.226 e. The standard InChI is InChI=1S/C10H22N2O2/c1-9(2,8(13)11-5)6-12-7-10(3,4)14/h12,14H,6-7H2,1-5H3,(H,11,13). The zero-order chi connectivity index (χ0) is 11.4. The maximum atomic E-state index is 11.4. The summed E-state index contributed by atoms with van der Waals surface area (Å²) in [5.41, 5.74) is -1.18. The van der Waals surface area contributed by atoms with Crippen molar-refractivity contribution in [3.63, 3.8) is 0 Å². The first kappa shape index (κ1) is 13.4. The Bertz CT molecular complexity index is 195. The van der Waals surface area contributed by atoms with Gasteiger partial charge in [0.15, 0.2) is 0 Å². The van der Waals surface area contributed by atoms with Crippen LogP contribution in [0.4, 0.5) is 0 Å². The Hall–Kier alpha value is -0.610. The number of carbonyl (C=O) groups is 1. The van der Waals surface area contributed by atoms with Gasteiger partial charge in [-0.15, -0.1) is 0 Å². The van der Waals surface area contributed by atoms with Crippen molar-refractivity contribution in [2.75, 3.05) is 20.1 Å². The first-order valence-corrected chi connectivity index (χ1v) is 4.84. The molecule has 0 aromatic rings. The van der Waals surface area contributed by atoms with Crippen molar-refractivity contribution in [2.45, 2.75) is 33.3 Å². The van der Waals surface area contributed by atoms with E-state index in [2.05, 4.69) is 10.6 Å². The number of aliphatic hydroxyl groups is 1. The van der Waals surface area contributed by atoms with Gasteiger partial charge in [0.2, 0.25) is 5.91 Å². The molecule has 4 heteroatoms. The molecule has 0 spiro atoms. The minimum Gasteiger partial charge on any atom is -0.389 e. The highest BCUT2D eigenvalue weighted by molar-refractivity contribution is 5.81. The Kier molecular flexibility index (Phi) is 4.55. The Morgan fingerprint density at radius 1 is 1.21 bits per heavy atom. The zero-order valence-corrected chi connectivity index (χ0v) is 9.77. The molecule has 0 radical (unpaired) electrons. The van der Waals surface area contributed by atoms with Crippen LogP contribution in [0.2, 0.25) is 0 Å². The summed E-state index contributed by atoms with van der Waals surface area (Å²) in [5.74, 6) is 0.000691. The van der Waals surface area contributed by atoms with Crippen LogP contribution >= 0.6 is 0 Å². The van der Waals surface area contributed by atoms with E-state index in [1.54, 1.807) is 20.9 Å². The second-order valence-corrected chi connectivity index (χ2v) is 4.88. The summed E-state index contributed by atoms with van der Waals surface area (Å²) in [4.78, 5) is 11.4. The third kappa shape index (κ3) is 5.19. The first-order chi connectivity index (χ1) is 6.19. The van der Waals surface area contributed by atoms with Crippen LogP contribution in [0.25, 0.3) is 0 Å². The number of hydrogen-bond acceptors (Lipinski definition) is 3. The van der Waals surface area contributed by atoms with E-state index in [9.17, 15) is 9.90 Å². The van der Waals surface area contributed by atoms with Gasteiger partial charge in [-0.1, -0.05) is 0 Å². The molecule has 0 bridgehead atoms. The van der Waals surface area contributed by atoms with Crippen LogP contribution in [-0.4, -0.2) is 36.8 Å². The molecule has 84 valence electrons. The molecular weight excluding hydrogens is 180 g/mol. The van der Waals surface area contributed by atoms with Gasteiger partial charge in [0.05, 0.1) is 11.0 Å². The van der Waals surface area contributed by atoms with Gasteiger partial charge in [0.1, 0.15) is 0 Å². The maximum absolute atomic E-state index is 11.4. The third-order valence-electron chi connectivity index (χ3n) is 1.97. The van der Waals surface area contributed by atoms with E-state index in [-0.39, 0.29) is 5.91 Å². The van der Waals surface area contributed by atoms with Gasteiger partial charge in [-0.25, -0.2) is 0 Å². The molecule has 0 aliphatic carbocycles. The lowest BCUT2D eigenvalue weighted by Crippen LogP contribution is -2.45. The monoisotopic (exact) mass is 202 g/mol. The molecular formula is C10H22N2O2. The fourth-order valence-electron chi connectivity index (χ4n) is 1.10. The van der Waals surface area contributed by atoms with Crippen molar-refractivity contribution < 1.29 is 9.90 Å². The number of amides is 1. The van der Waals surface area contributed by atoms with Crippen LogP contribution < -0.4 is 10.6 Å². The molecule has 0 atom stereocenters. The van der Waals surface area contributed by atoms with Crippen LogP contribution in [0.3, 0.4) is 0 Å². The lowest BCUT2D eigenvalue weighted by molar-refractivity contribution is -0.128. The Labute approximate surface area is 86.1 Å². The normalized spacial score (nSPS) is 12.7. The second-order valence-electron chi connectivity index (χ2n) is 4.88. The zero-order valence-electron chi connectivity index (χ0n) is 9.77. The quantitative estimate of drug-likeness (QED) is 0.593. The van der Waals surface area contributed by atoms with E-state index in [1.807, 2.05) is 13.8 Å². The van der Waals surface area contributed by atoms with Crippen molar-refractivity contribution in [3.8, 4) is 0 Å². The number of rotatable bonds is 5. The average Bonchev–Trinajstić information content (AvgIpc) is 2.00. The van der Waals surface area contributed by atoms with Gasteiger partial charge in [-0.3, -0.25) is 4.79 Å². The lowest BCUT2D eigenvalue weighted by Gasteiger charge is -2.25. The van der Waals surface area contributed by atoms with Crippen molar-refractivity contribution in [1.29, 1.82) is 0 Å². The summed E-state index contributed by atoms with van der Waals surface area (Å²) in [6.07, 6.45) is 0. The van der Waals surface area contributed by atoms with E-state index >= 15 is 0 Å². The molecule has 0 saturated heterocycles. The molecule has 14 heavy (non-hydrogen) atoms. The van der Waals surface area contributed by atoms with Crippen molar-refractivity contribution in [1.82, 2.24) is 10.6 Å². The van der Waals surface area contributed by atoms with Gasteiger partial charge in [-0.05, 0) is 27.7 Å². The predicted octanol–water partition coefficient (Wildman–Crippen LogP) is 0.119. The number of hydrogen-bond donors (Lipinski definition) is 3. The predicted molar refractivity (Wildman–Crippen MR) is 57.0 cm³/mol. The molecule has 0 unspecified atom stereocenters. The minimum atomic E-state index is -0.737. The molecule has 3 N–H and O–H groups in total. The van der Waals surface area contributed by atoms with Gasteiger partial charge < -0.3 is 15.7 Å². The topological polar surface area (TPSA) is 61.4 Å². The molecule has 0 aromatic carbocycles. The number of carbonyl (C=O) groups excluding carboxylic acids is 1. The largest absolute Gasteiger partial charge is 0.389 e. The van der Waals surface area contributed by atoms with Crippen LogP contribution in [0.1, 0.15) is 27.7 Å². The fourth-order valence-corrected chi connectivity index (χ4v) is 1.10.